The maximum atomic E-state index is 12.2. The van der Waals surface area contributed by atoms with Gasteiger partial charge in [-0.25, -0.2) is 18.2 Å². The number of sulfonamides is 1. The molecule has 0 bridgehead atoms. The molecule has 0 aliphatic carbocycles. The van der Waals surface area contributed by atoms with Gasteiger partial charge >= 0.3 is 0 Å². The first kappa shape index (κ1) is 21.0. The Bertz CT molecular complexity index is 1300. The molecular formula is C22H21N5O3S2. The van der Waals surface area contributed by atoms with E-state index in [4.69, 9.17) is 10.2 Å². The van der Waals surface area contributed by atoms with Crippen LogP contribution in [0.4, 0.5) is 0 Å². The first-order valence-electron chi connectivity index (χ1n) is 10.0. The molecular weight excluding hydrogens is 446 g/mol. The van der Waals surface area contributed by atoms with Crippen LogP contribution in [0, 0.1) is 0 Å². The van der Waals surface area contributed by atoms with Gasteiger partial charge in [0, 0.05) is 23.7 Å². The highest BCUT2D eigenvalue weighted by atomic mass is 32.2. The molecule has 2 aliphatic heterocycles. The van der Waals surface area contributed by atoms with Crippen LogP contribution >= 0.6 is 11.8 Å². The van der Waals surface area contributed by atoms with Gasteiger partial charge < -0.3 is 5.32 Å². The first-order valence-corrected chi connectivity index (χ1v) is 12.5. The second kappa shape index (κ2) is 8.21. The highest BCUT2D eigenvalue weighted by molar-refractivity contribution is 8.04. The summed E-state index contributed by atoms with van der Waals surface area (Å²) in [4.78, 5) is 12.3. The molecule has 5 rings (SSSR count). The van der Waals surface area contributed by atoms with Gasteiger partial charge in [0.05, 0.1) is 29.0 Å². The largest absolute Gasteiger partial charge is 0.342 e. The number of carbonyl (C=O) groups excluding carboxylic acids is 1. The summed E-state index contributed by atoms with van der Waals surface area (Å²) in [5.41, 5.74) is 4.70. The summed E-state index contributed by atoms with van der Waals surface area (Å²) in [6, 6.07) is 16.3. The highest BCUT2D eigenvalue weighted by Gasteiger charge is 2.39. The van der Waals surface area contributed by atoms with Crippen molar-refractivity contribution in [3.05, 3.63) is 77.3 Å². The molecule has 4 N–H and O–H groups in total. The standard InChI is InChI=1S/C22H21N5O3S2/c23-32(29,30)17-8-6-14(7-9-17)10-16-11-27(26-19(16)15-4-2-1-3-5-15)18-12-31-21-20(18)24-13-25-22(21)28/h1-9,11-12,20-21,24H,10,13H2,(H,25,28)(H2,23,29,30). The van der Waals surface area contributed by atoms with Crippen molar-refractivity contribution in [3.63, 3.8) is 0 Å². The lowest BCUT2D eigenvalue weighted by Gasteiger charge is -2.27. The van der Waals surface area contributed by atoms with Gasteiger partial charge in [-0.15, -0.1) is 11.8 Å². The van der Waals surface area contributed by atoms with Crippen LogP contribution in [-0.4, -0.2) is 42.1 Å². The number of amides is 1. The smallest absolute Gasteiger partial charge is 0.238 e. The van der Waals surface area contributed by atoms with E-state index < -0.39 is 10.0 Å². The molecule has 3 heterocycles. The summed E-state index contributed by atoms with van der Waals surface area (Å²) < 4.78 is 25.0. The molecule has 1 aromatic heterocycles. The fourth-order valence-corrected chi connectivity index (χ4v) is 5.60. The molecule has 1 fully saturated rings. The molecule has 10 heteroatoms. The van der Waals surface area contributed by atoms with Crippen molar-refractivity contribution in [2.75, 3.05) is 6.67 Å². The summed E-state index contributed by atoms with van der Waals surface area (Å²) in [5.74, 6) is 0.0237. The molecule has 2 unspecified atom stereocenters. The van der Waals surface area contributed by atoms with Gasteiger partial charge in [-0.05, 0) is 23.1 Å². The van der Waals surface area contributed by atoms with Crippen LogP contribution in [0.1, 0.15) is 11.1 Å². The van der Waals surface area contributed by atoms with Crippen molar-refractivity contribution in [2.24, 2.45) is 5.14 Å². The summed E-state index contributed by atoms with van der Waals surface area (Å²) in [7, 11) is -3.73. The molecule has 0 spiro atoms. The van der Waals surface area contributed by atoms with Gasteiger partial charge in [-0.3, -0.25) is 10.1 Å². The van der Waals surface area contributed by atoms with E-state index in [9.17, 15) is 13.2 Å². The number of aromatic nitrogens is 2. The molecule has 0 saturated carbocycles. The summed E-state index contributed by atoms with van der Waals surface area (Å²) >= 11 is 1.49. The summed E-state index contributed by atoms with van der Waals surface area (Å²) in [6.07, 6.45) is 2.55. The Kier molecular flexibility index (Phi) is 5.38. The highest BCUT2D eigenvalue weighted by Crippen LogP contribution is 2.36. The quantitative estimate of drug-likeness (QED) is 0.526. The number of primary sulfonamides is 1. The minimum atomic E-state index is -3.73. The number of hydrogen-bond donors (Lipinski definition) is 3. The second-order valence-corrected chi connectivity index (χ2v) is 10.3. The van der Waals surface area contributed by atoms with E-state index in [2.05, 4.69) is 10.6 Å². The van der Waals surface area contributed by atoms with Crippen molar-refractivity contribution in [3.8, 4) is 11.3 Å². The summed E-state index contributed by atoms with van der Waals surface area (Å²) in [5, 5.41) is 18.0. The van der Waals surface area contributed by atoms with Gasteiger partial charge in [0.15, 0.2) is 0 Å². The minimum Gasteiger partial charge on any atom is -0.342 e. The number of fused-ring (bicyclic) bond motifs is 1. The van der Waals surface area contributed by atoms with Crippen LogP contribution in [-0.2, 0) is 21.2 Å². The van der Waals surface area contributed by atoms with Crippen LogP contribution in [0.15, 0.2) is 71.1 Å². The number of nitrogens with zero attached hydrogens (tertiary/aromatic N) is 2. The lowest BCUT2D eigenvalue weighted by molar-refractivity contribution is -0.122. The Morgan fingerprint density at radius 1 is 1.12 bits per heavy atom. The average molecular weight is 468 g/mol. The van der Waals surface area contributed by atoms with E-state index >= 15 is 0 Å². The van der Waals surface area contributed by atoms with Crippen LogP contribution in [0.5, 0.6) is 0 Å². The van der Waals surface area contributed by atoms with E-state index in [1.54, 1.807) is 12.1 Å². The van der Waals surface area contributed by atoms with Crippen LogP contribution in [0.2, 0.25) is 0 Å². The van der Waals surface area contributed by atoms with Crippen LogP contribution in [0.25, 0.3) is 17.0 Å². The van der Waals surface area contributed by atoms with E-state index in [1.165, 1.54) is 23.9 Å². The van der Waals surface area contributed by atoms with Crippen molar-refractivity contribution in [1.82, 2.24) is 20.4 Å². The predicted octanol–water partition coefficient (Wildman–Crippen LogP) is 1.75. The SMILES string of the molecule is NS(=O)(=O)c1ccc(Cc2cn(C3=CSC4C(=O)NCNC34)nc2-c2ccccc2)cc1. The minimum absolute atomic E-state index is 0.0237. The van der Waals surface area contributed by atoms with E-state index in [-0.39, 0.29) is 22.1 Å². The van der Waals surface area contributed by atoms with Crippen LogP contribution in [0.3, 0.4) is 0 Å². The molecule has 2 aromatic carbocycles. The van der Waals surface area contributed by atoms with Gasteiger partial charge in [0.1, 0.15) is 5.25 Å². The van der Waals surface area contributed by atoms with Crippen LogP contribution < -0.4 is 15.8 Å². The van der Waals surface area contributed by atoms with Gasteiger partial charge in [0.2, 0.25) is 15.9 Å². The van der Waals surface area contributed by atoms with E-state index in [0.717, 1.165) is 28.1 Å². The Labute approximate surface area is 189 Å². The fourth-order valence-electron chi connectivity index (χ4n) is 3.95. The zero-order valence-electron chi connectivity index (χ0n) is 16.9. The topological polar surface area (TPSA) is 119 Å². The maximum absolute atomic E-state index is 12.2. The molecule has 2 aliphatic rings. The zero-order valence-corrected chi connectivity index (χ0v) is 18.6. The third-order valence-corrected chi connectivity index (χ3v) is 7.63. The Hall–Kier alpha value is -2.92. The molecule has 32 heavy (non-hydrogen) atoms. The Morgan fingerprint density at radius 2 is 1.88 bits per heavy atom. The number of rotatable bonds is 5. The van der Waals surface area contributed by atoms with Gasteiger partial charge in [-0.2, -0.15) is 5.10 Å². The average Bonchev–Trinajstić information content (AvgIpc) is 3.39. The maximum Gasteiger partial charge on any atom is 0.238 e. The molecule has 8 nitrogen and oxygen atoms in total. The lowest BCUT2D eigenvalue weighted by atomic mass is 10.0. The second-order valence-electron chi connectivity index (χ2n) is 7.68. The molecule has 1 amide bonds. The monoisotopic (exact) mass is 467 g/mol. The number of benzene rings is 2. The Morgan fingerprint density at radius 3 is 2.59 bits per heavy atom. The molecule has 164 valence electrons. The normalized spacial score (nSPS) is 20.5. The van der Waals surface area contributed by atoms with Crippen molar-refractivity contribution < 1.29 is 13.2 Å². The van der Waals surface area contributed by atoms with Crippen molar-refractivity contribution in [2.45, 2.75) is 22.6 Å². The summed E-state index contributed by atoms with van der Waals surface area (Å²) in [6.45, 7) is 0.425. The zero-order chi connectivity index (χ0) is 22.3. The molecule has 2 atom stereocenters. The third kappa shape index (κ3) is 3.97. The van der Waals surface area contributed by atoms with E-state index in [0.29, 0.717) is 13.1 Å². The number of nitrogens with two attached hydrogens (primary N) is 1. The fraction of sp³-hybridized carbons (Fsp3) is 0.182. The molecule has 3 aromatic rings. The number of carbonyl (C=O) groups is 1. The van der Waals surface area contributed by atoms with Crippen molar-refractivity contribution in [1.29, 1.82) is 0 Å². The molecule has 0 radical (unpaired) electrons. The van der Waals surface area contributed by atoms with Crippen molar-refractivity contribution >= 4 is 33.4 Å². The lowest BCUT2D eigenvalue weighted by Crippen LogP contribution is -2.56. The predicted molar refractivity (Wildman–Crippen MR) is 124 cm³/mol. The third-order valence-electron chi connectivity index (χ3n) is 5.55. The van der Waals surface area contributed by atoms with Gasteiger partial charge in [0.25, 0.3) is 0 Å². The molecule has 1 saturated heterocycles. The number of nitrogens with one attached hydrogen (secondary N) is 2. The first-order chi connectivity index (χ1) is 15.4. The van der Waals surface area contributed by atoms with E-state index in [1.807, 2.05) is 46.6 Å². The number of hydrogen-bond acceptors (Lipinski definition) is 6. The van der Waals surface area contributed by atoms with Gasteiger partial charge in [-0.1, -0.05) is 42.5 Å². The number of thioether (sulfide) groups is 1. The Balaban J connectivity index is 1.51.